The Morgan fingerprint density at radius 1 is 0.341 bits per heavy atom. The largest absolute Gasteiger partial charge is 0.491 e. The number of rotatable bonds is 25. The van der Waals surface area contributed by atoms with E-state index < -0.39 is 6.10 Å². The molecule has 5 saturated heterocycles. The minimum atomic E-state index is -0.772. The van der Waals surface area contributed by atoms with Crippen molar-refractivity contribution >= 4 is 0 Å². The van der Waals surface area contributed by atoms with Crippen LogP contribution in [0.5, 0.6) is 40.2 Å². The van der Waals surface area contributed by atoms with Crippen LogP contribution in [0.3, 0.4) is 0 Å². The molecule has 5 fully saturated rings. The van der Waals surface area contributed by atoms with E-state index in [2.05, 4.69) is 104 Å². The molecule has 474 valence electrons. The monoisotopic (exact) mass is 1200 g/mol. The number of benzene rings is 7. The Hall–Kier alpha value is -7.10. The molecule has 7 aromatic rings. The normalized spacial score (nSPS) is 18.2. The lowest BCUT2D eigenvalue weighted by molar-refractivity contribution is 0.0626. The Morgan fingerprint density at radius 2 is 0.545 bits per heavy atom. The highest BCUT2D eigenvalue weighted by Gasteiger charge is 2.28. The maximum atomic E-state index is 10.5. The maximum Gasteiger partial charge on any atom is 0.122 e. The van der Waals surface area contributed by atoms with Crippen molar-refractivity contribution in [3.05, 3.63) is 209 Å². The molecule has 0 saturated carbocycles. The van der Waals surface area contributed by atoms with Gasteiger partial charge < -0.3 is 61.9 Å². The molecule has 5 aliphatic rings. The summed E-state index contributed by atoms with van der Waals surface area (Å²) in [6.07, 6.45) is 3.22. The van der Waals surface area contributed by atoms with E-state index in [1.54, 1.807) is 0 Å². The van der Waals surface area contributed by atoms with E-state index in [0.717, 1.165) is 61.8 Å². The first-order valence-electron chi connectivity index (χ1n) is 31.3. The number of aliphatic hydroxyl groups excluding tert-OH is 1. The summed E-state index contributed by atoms with van der Waals surface area (Å²) in [4.78, 5) is 0. The summed E-state index contributed by atoms with van der Waals surface area (Å²) >= 11 is 0. The van der Waals surface area contributed by atoms with Crippen molar-refractivity contribution in [1.29, 1.82) is 0 Å². The fourth-order valence-electron chi connectivity index (χ4n) is 8.54. The average molecular weight is 1210 g/mol. The van der Waals surface area contributed by atoms with Gasteiger partial charge in [-0.3, -0.25) is 0 Å². The van der Waals surface area contributed by atoms with E-state index in [0.29, 0.717) is 62.8 Å². The maximum absolute atomic E-state index is 10.5. The number of para-hydroxylation sites is 3. The molecule has 0 amide bonds. The smallest absolute Gasteiger partial charge is 0.122 e. The molecule has 5 atom stereocenters. The van der Waals surface area contributed by atoms with E-state index in [1.807, 2.05) is 142 Å². The van der Waals surface area contributed by atoms with Crippen molar-refractivity contribution in [3.63, 3.8) is 0 Å². The molecule has 0 aliphatic carbocycles. The lowest BCUT2D eigenvalue weighted by Gasteiger charge is -2.26. The molecule has 5 unspecified atom stereocenters. The van der Waals surface area contributed by atoms with Gasteiger partial charge in [-0.15, -0.1) is 0 Å². The molecule has 1 N–H and O–H groups in total. The van der Waals surface area contributed by atoms with Crippen LogP contribution in [-0.2, 0) is 34.5 Å². The SMILES string of the molecule is CC(C)(c1ccc(OCC(O)COc2ccc(C(C)(C)c3ccc(OCC4CO4)cc3)cc2)cc1)c1ccc(OCC2CO2)cc1.CCC.CCC.Cc1ccccc1OCC1CO1.Cc1ccccc1OCC1CO1.Cc1ccccc1OCC1CO1. The summed E-state index contributed by atoms with van der Waals surface area (Å²) in [5.41, 5.74) is 7.87. The lowest BCUT2D eigenvalue weighted by atomic mass is 9.78. The number of aliphatic hydroxyl groups is 1. The summed E-state index contributed by atoms with van der Waals surface area (Å²) in [5.74, 6) is 6.01. The van der Waals surface area contributed by atoms with Gasteiger partial charge in [0.2, 0.25) is 0 Å². The van der Waals surface area contributed by atoms with Crippen molar-refractivity contribution in [3.8, 4) is 40.2 Å². The Labute approximate surface area is 524 Å². The quantitative estimate of drug-likeness (QED) is 0.0542. The van der Waals surface area contributed by atoms with Gasteiger partial charge in [-0.2, -0.15) is 0 Å². The minimum Gasteiger partial charge on any atom is -0.491 e. The van der Waals surface area contributed by atoms with Gasteiger partial charge >= 0.3 is 0 Å². The highest BCUT2D eigenvalue weighted by Crippen LogP contribution is 2.35. The predicted molar refractivity (Wildman–Crippen MR) is 349 cm³/mol. The Kier molecular flexibility index (Phi) is 27.3. The molecule has 5 heterocycles. The molecular weight excluding hydrogens is 1110 g/mol. The van der Waals surface area contributed by atoms with E-state index in [9.17, 15) is 5.11 Å². The number of aryl methyl sites for hydroxylation is 3. The zero-order valence-electron chi connectivity index (χ0n) is 53.9. The topological polar surface area (TPSA) is 147 Å². The van der Waals surface area contributed by atoms with E-state index >= 15 is 0 Å². The average Bonchev–Trinajstić information content (AvgIpc) is 3.04. The van der Waals surface area contributed by atoms with Crippen molar-refractivity contribution in [1.82, 2.24) is 0 Å². The van der Waals surface area contributed by atoms with Crippen molar-refractivity contribution in [2.45, 2.75) is 136 Å². The summed E-state index contributed by atoms with van der Waals surface area (Å²) in [6, 6.07) is 56.6. The highest BCUT2D eigenvalue weighted by molar-refractivity contribution is 5.44. The van der Waals surface area contributed by atoms with Crippen LogP contribution >= 0.6 is 0 Å². The molecule has 7 aromatic carbocycles. The number of hydrogen-bond acceptors (Lipinski definition) is 13. The van der Waals surface area contributed by atoms with Crippen LogP contribution in [0, 0.1) is 20.8 Å². The zero-order chi connectivity index (χ0) is 62.7. The van der Waals surface area contributed by atoms with Crippen LogP contribution in [-0.4, -0.2) is 121 Å². The molecule has 13 nitrogen and oxygen atoms in total. The van der Waals surface area contributed by atoms with Gasteiger partial charge in [-0.05, 0) is 126 Å². The van der Waals surface area contributed by atoms with Crippen LogP contribution in [0.25, 0.3) is 0 Å². The van der Waals surface area contributed by atoms with Crippen LogP contribution in [0.2, 0.25) is 0 Å². The van der Waals surface area contributed by atoms with Crippen molar-refractivity contribution in [2.75, 3.05) is 79.3 Å². The predicted octanol–water partition coefficient (Wildman–Crippen LogP) is 14.9. The van der Waals surface area contributed by atoms with E-state index in [-0.39, 0.29) is 36.3 Å². The zero-order valence-corrected chi connectivity index (χ0v) is 53.9. The van der Waals surface area contributed by atoms with Crippen LogP contribution in [0.4, 0.5) is 0 Å². The number of epoxide rings is 5. The second-order valence-corrected chi connectivity index (χ2v) is 23.7. The second kappa shape index (κ2) is 35.2. The Morgan fingerprint density at radius 3 is 0.761 bits per heavy atom. The van der Waals surface area contributed by atoms with Gasteiger partial charge in [0, 0.05) is 10.8 Å². The summed E-state index contributed by atoms with van der Waals surface area (Å²) in [6.45, 7) is 31.1. The molecule has 88 heavy (non-hydrogen) atoms. The summed E-state index contributed by atoms with van der Waals surface area (Å²) < 4.78 is 65.5. The summed E-state index contributed by atoms with van der Waals surface area (Å²) in [5, 5.41) is 10.5. The third kappa shape index (κ3) is 24.5. The first kappa shape index (κ1) is 68.4. The van der Waals surface area contributed by atoms with Crippen molar-refractivity contribution in [2.24, 2.45) is 0 Å². The van der Waals surface area contributed by atoms with Gasteiger partial charge in [0.25, 0.3) is 0 Å². The fourth-order valence-corrected chi connectivity index (χ4v) is 8.54. The van der Waals surface area contributed by atoms with Gasteiger partial charge in [0.15, 0.2) is 0 Å². The lowest BCUT2D eigenvalue weighted by Crippen LogP contribution is -2.25. The highest BCUT2D eigenvalue weighted by atomic mass is 16.6. The number of ether oxygens (including phenoxy) is 12. The molecule has 0 radical (unpaired) electrons. The fraction of sp³-hybridized carbons (Fsp3) is 0.440. The van der Waals surface area contributed by atoms with Crippen molar-refractivity contribution < 1.29 is 61.9 Å². The first-order valence-corrected chi connectivity index (χ1v) is 31.3. The molecule has 13 heteroatoms. The third-order valence-electron chi connectivity index (χ3n) is 14.6. The van der Waals surface area contributed by atoms with Crippen LogP contribution in [0.15, 0.2) is 170 Å². The summed E-state index contributed by atoms with van der Waals surface area (Å²) in [7, 11) is 0. The third-order valence-corrected chi connectivity index (χ3v) is 14.6. The van der Waals surface area contributed by atoms with Gasteiger partial charge in [0.1, 0.15) is 123 Å². The molecule has 0 bridgehead atoms. The molecule has 5 aliphatic heterocycles. The minimum absolute atomic E-state index is 0.134. The standard InChI is InChI=1S/C39H44O7.3C10H12O2.2C3H8/c1-38(2,29-9-17-34(18-10-29)43-23-36-25-45-36)27-5-13-32(14-6-27)41-21-31(40)22-42-33-15-7-28(8-16-33)39(3,4)30-11-19-35(20-12-30)44-24-37-26-46-37;3*1-8-4-2-3-5-10(8)12-7-9-6-11-9;2*1-3-2/h5-20,31,36-37,40H,21-26H2,1-4H3;3*2-5,9H,6-7H2,1H3;2*3H2,1-2H3. The van der Waals surface area contributed by atoms with E-state index in [4.69, 9.17) is 56.8 Å². The molecule has 0 aromatic heterocycles. The Balaban J connectivity index is 0.000000209. The van der Waals surface area contributed by atoms with E-state index in [1.165, 1.54) is 51.8 Å². The van der Waals surface area contributed by atoms with Crippen LogP contribution < -0.4 is 33.2 Å². The second-order valence-electron chi connectivity index (χ2n) is 23.7. The van der Waals surface area contributed by atoms with Gasteiger partial charge in [-0.1, -0.05) is 171 Å². The number of hydrogen-bond donors (Lipinski definition) is 1. The van der Waals surface area contributed by atoms with Gasteiger partial charge in [0.05, 0.1) is 33.0 Å². The Bertz CT molecular complexity index is 2790. The first-order chi connectivity index (χ1) is 42.6. The molecule has 0 spiro atoms. The van der Waals surface area contributed by atoms with Crippen LogP contribution in [0.1, 0.15) is 107 Å². The molecular formula is C75H96O13. The van der Waals surface area contributed by atoms with Gasteiger partial charge in [-0.25, -0.2) is 0 Å². The molecule has 12 rings (SSSR count).